The SMILES string of the molecule is COc1ccc(C=C2SC(=Nc3ccccc3C(=O)O)NC2=O)c(OC)c1. The minimum atomic E-state index is -1.08. The number of para-hydroxylation sites is 1. The number of methoxy groups -OCH3 is 2. The van der Waals surface area contributed by atoms with Crippen molar-refractivity contribution in [3.05, 3.63) is 58.5 Å². The Bertz CT molecular complexity index is 968. The summed E-state index contributed by atoms with van der Waals surface area (Å²) in [5, 5.41) is 12.2. The van der Waals surface area contributed by atoms with Crippen LogP contribution in [0.3, 0.4) is 0 Å². The van der Waals surface area contributed by atoms with Crippen molar-refractivity contribution in [3.63, 3.8) is 0 Å². The Morgan fingerprint density at radius 3 is 2.67 bits per heavy atom. The molecule has 0 saturated carbocycles. The lowest BCUT2D eigenvalue weighted by Crippen LogP contribution is -2.19. The van der Waals surface area contributed by atoms with Crippen molar-refractivity contribution in [3.8, 4) is 11.5 Å². The summed E-state index contributed by atoms with van der Waals surface area (Å²) in [7, 11) is 3.10. The summed E-state index contributed by atoms with van der Waals surface area (Å²) in [4.78, 5) is 28.2. The first-order valence-corrected chi connectivity index (χ1v) is 8.67. The van der Waals surface area contributed by atoms with Crippen LogP contribution in [0.4, 0.5) is 5.69 Å². The van der Waals surface area contributed by atoms with E-state index >= 15 is 0 Å². The molecule has 138 valence electrons. The van der Waals surface area contributed by atoms with Crippen LogP contribution in [0.25, 0.3) is 6.08 Å². The number of nitrogens with zero attached hydrogens (tertiary/aromatic N) is 1. The Balaban J connectivity index is 1.90. The standard InChI is InChI=1S/C19H16N2O5S/c1-25-12-8-7-11(15(10-12)26-2)9-16-17(22)21-19(27-16)20-14-6-4-3-5-13(14)18(23)24/h3-10H,1-2H3,(H,23,24)(H,20,21,22). The van der Waals surface area contributed by atoms with Crippen molar-refractivity contribution in [1.82, 2.24) is 5.32 Å². The summed E-state index contributed by atoms with van der Waals surface area (Å²) in [6, 6.07) is 11.6. The molecule has 0 unspecified atom stereocenters. The molecule has 8 heteroatoms. The molecule has 27 heavy (non-hydrogen) atoms. The average Bonchev–Trinajstić information content (AvgIpc) is 3.01. The first-order chi connectivity index (χ1) is 13.0. The topological polar surface area (TPSA) is 97.2 Å². The summed E-state index contributed by atoms with van der Waals surface area (Å²) in [6.45, 7) is 0. The van der Waals surface area contributed by atoms with Crippen LogP contribution in [-0.4, -0.2) is 36.4 Å². The van der Waals surface area contributed by atoms with Crippen molar-refractivity contribution in [2.75, 3.05) is 14.2 Å². The summed E-state index contributed by atoms with van der Waals surface area (Å²) >= 11 is 1.13. The molecule has 1 aliphatic rings. The molecule has 1 heterocycles. The molecule has 2 N–H and O–H groups in total. The minimum absolute atomic E-state index is 0.0640. The maximum Gasteiger partial charge on any atom is 0.337 e. The largest absolute Gasteiger partial charge is 0.497 e. The van der Waals surface area contributed by atoms with Crippen LogP contribution < -0.4 is 14.8 Å². The second-order valence-corrected chi connectivity index (χ2v) is 6.44. The molecule has 0 bridgehead atoms. The molecule has 1 fully saturated rings. The molecule has 0 atom stereocenters. The van der Waals surface area contributed by atoms with Gasteiger partial charge in [-0.1, -0.05) is 12.1 Å². The van der Waals surface area contributed by atoms with Gasteiger partial charge in [-0.25, -0.2) is 9.79 Å². The summed E-state index contributed by atoms with van der Waals surface area (Å²) in [6.07, 6.45) is 1.68. The highest BCUT2D eigenvalue weighted by atomic mass is 32.2. The van der Waals surface area contributed by atoms with E-state index in [1.165, 1.54) is 13.2 Å². The summed E-state index contributed by atoms with van der Waals surface area (Å²) < 4.78 is 10.5. The number of benzene rings is 2. The van der Waals surface area contributed by atoms with E-state index in [0.29, 0.717) is 27.1 Å². The number of hydrogen-bond acceptors (Lipinski definition) is 6. The van der Waals surface area contributed by atoms with Crippen LogP contribution in [0.2, 0.25) is 0 Å². The number of nitrogens with one attached hydrogen (secondary N) is 1. The van der Waals surface area contributed by atoms with Crippen molar-refractivity contribution >= 4 is 40.6 Å². The van der Waals surface area contributed by atoms with Gasteiger partial charge in [0.15, 0.2) is 5.17 Å². The Morgan fingerprint density at radius 2 is 1.96 bits per heavy atom. The van der Waals surface area contributed by atoms with Crippen LogP contribution in [-0.2, 0) is 4.79 Å². The fourth-order valence-electron chi connectivity index (χ4n) is 2.42. The Morgan fingerprint density at radius 1 is 1.19 bits per heavy atom. The van der Waals surface area contributed by atoms with Gasteiger partial charge in [-0.3, -0.25) is 4.79 Å². The quantitative estimate of drug-likeness (QED) is 0.768. The predicted molar refractivity (Wildman–Crippen MR) is 104 cm³/mol. The van der Waals surface area contributed by atoms with Crippen LogP contribution in [0.1, 0.15) is 15.9 Å². The molecule has 1 aliphatic heterocycles. The molecule has 2 aromatic carbocycles. The van der Waals surface area contributed by atoms with E-state index in [1.807, 2.05) is 0 Å². The molecule has 1 saturated heterocycles. The highest BCUT2D eigenvalue weighted by Gasteiger charge is 2.25. The highest BCUT2D eigenvalue weighted by Crippen LogP contribution is 2.32. The highest BCUT2D eigenvalue weighted by molar-refractivity contribution is 8.18. The number of hydrogen-bond donors (Lipinski definition) is 2. The molecule has 0 aromatic heterocycles. The third kappa shape index (κ3) is 4.12. The molecule has 0 aliphatic carbocycles. The zero-order valence-corrected chi connectivity index (χ0v) is 15.4. The number of amides is 1. The van der Waals surface area contributed by atoms with Gasteiger partial charge in [0, 0.05) is 11.6 Å². The fourth-order valence-corrected chi connectivity index (χ4v) is 3.25. The number of thioether (sulfide) groups is 1. The van der Waals surface area contributed by atoms with Crippen LogP contribution in [0.15, 0.2) is 52.4 Å². The minimum Gasteiger partial charge on any atom is -0.497 e. The number of carboxylic acids is 1. The molecule has 0 spiro atoms. The monoisotopic (exact) mass is 384 g/mol. The van der Waals surface area contributed by atoms with E-state index < -0.39 is 5.97 Å². The Kier molecular flexibility index (Phi) is 5.46. The molecule has 0 radical (unpaired) electrons. The molecular weight excluding hydrogens is 368 g/mol. The van der Waals surface area contributed by atoms with Gasteiger partial charge < -0.3 is 19.9 Å². The van der Waals surface area contributed by atoms with Crippen LogP contribution in [0, 0.1) is 0 Å². The molecule has 1 amide bonds. The van der Waals surface area contributed by atoms with Gasteiger partial charge in [0.05, 0.1) is 30.4 Å². The predicted octanol–water partition coefficient (Wildman–Crippen LogP) is 3.29. The van der Waals surface area contributed by atoms with E-state index in [4.69, 9.17) is 9.47 Å². The van der Waals surface area contributed by atoms with Gasteiger partial charge in [-0.2, -0.15) is 0 Å². The van der Waals surface area contributed by atoms with Crippen LogP contribution >= 0.6 is 11.8 Å². The zero-order valence-electron chi connectivity index (χ0n) is 14.6. The van der Waals surface area contributed by atoms with Crippen molar-refractivity contribution in [1.29, 1.82) is 0 Å². The van der Waals surface area contributed by atoms with E-state index in [0.717, 1.165) is 11.8 Å². The number of carboxylic acid groups (broad SMARTS) is 1. The molecule has 3 rings (SSSR count). The summed E-state index contributed by atoms with van der Waals surface area (Å²) in [5.74, 6) is -0.186. The maximum absolute atomic E-state index is 12.3. The van der Waals surface area contributed by atoms with Gasteiger partial charge in [0.25, 0.3) is 5.91 Å². The van der Waals surface area contributed by atoms with E-state index in [9.17, 15) is 14.7 Å². The Hall–Kier alpha value is -3.26. The van der Waals surface area contributed by atoms with Crippen molar-refractivity contribution < 1.29 is 24.2 Å². The number of carbonyl (C=O) groups is 2. The van der Waals surface area contributed by atoms with Gasteiger partial charge in [0.1, 0.15) is 11.5 Å². The zero-order chi connectivity index (χ0) is 19.4. The number of rotatable bonds is 5. The molecular formula is C19H16N2O5S. The molecule has 7 nitrogen and oxygen atoms in total. The normalized spacial score (nSPS) is 16.4. The number of amidine groups is 1. The lowest BCUT2D eigenvalue weighted by molar-refractivity contribution is -0.115. The average molecular weight is 384 g/mol. The lowest BCUT2D eigenvalue weighted by atomic mass is 10.1. The first-order valence-electron chi connectivity index (χ1n) is 7.85. The second-order valence-electron chi connectivity index (χ2n) is 5.41. The number of ether oxygens (including phenoxy) is 2. The van der Waals surface area contributed by atoms with Gasteiger partial charge in [-0.15, -0.1) is 0 Å². The third-order valence-corrected chi connectivity index (χ3v) is 4.64. The number of aromatic carboxylic acids is 1. The Labute approximate surface area is 159 Å². The van der Waals surface area contributed by atoms with Gasteiger partial charge in [0.2, 0.25) is 0 Å². The summed E-state index contributed by atoms with van der Waals surface area (Å²) in [5.41, 5.74) is 1.05. The van der Waals surface area contributed by atoms with Gasteiger partial charge >= 0.3 is 5.97 Å². The van der Waals surface area contributed by atoms with E-state index in [1.54, 1.807) is 49.6 Å². The number of carbonyl (C=O) groups excluding carboxylic acids is 1. The smallest absolute Gasteiger partial charge is 0.337 e. The lowest BCUT2D eigenvalue weighted by Gasteiger charge is -2.07. The van der Waals surface area contributed by atoms with Crippen LogP contribution in [0.5, 0.6) is 11.5 Å². The number of aliphatic imine (C=N–C) groups is 1. The van der Waals surface area contributed by atoms with Gasteiger partial charge in [-0.05, 0) is 42.1 Å². The van der Waals surface area contributed by atoms with Crippen molar-refractivity contribution in [2.45, 2.75) is 0 Å². The third-order valence-electron chi connectivity index (χ3n) is 3.73. The van der Waals surface area contributed by atoms with Crippen molar-refractivity contribution in [2.24, 2.45) is 4.99 Å². The maximum atomic E-state index is 12.3. The second kappa shape index (κ2) is 7.96. The van der Waals surface area contributed by atoms with E-state index in [2.05, 4.69) is 10.3 Å². The first kappa shape index (κ1) is 18.5. The molecule has 2 aromatic rings. The fraction of sp³-hybridized carbons (Fsp3) is 0.105. The van der Waals surface area contributed by atoms with E-state index in [-0.39, 0.29) is 17.2 Å².